The van der Waals surface area contributed by atoms with E-state index in [-0.39, 0.29) is 0 Å². The van der Waals surface area contributed by atoms with E-state index in [1.807, 2.05) is 0 Å². The van der Waals surface area contributed by atoms with Gasteiger partial charge in [-0.2, -0.15) is 0 Å². The number of benzene rings is 1. The maximum absolute atomic E-state index is 4.45. The van der Waals surface area contributed by atoms with Gasteiger partial charge in [0.1, 0.15) is 0 Å². The average Bonchev–Trinajstić information content (AvgIpc) is 3.41. The van der Waals surface area contributed by atoms with E-state index in [4.69, 9.17) is 0 Å². The van der Waals surface area contributed by atoms with Crippen molar-refractivity contribution in [1.82, 2.24) is 0 Å². The van der Waals surface area contributed by atoms with Crippen LogP contribution in [0.15, 0.2) is 60.7 Å². The summed E-state index contributed by atoms with van der Waals surface area (Å²) in [7, 11) is 0. The fourth-order valence-corrected chi connectivity index (χ4v) is 5.98. The largest absolute Gasteiger partial charge is 0.0996 e. The van der Waals surface area contributed by atoms with Gasteiger partial charge in [-0.15, -0.1) is 0 Å². The van der Waals surface area contributed by atoms with Crippen LogP contribution >= 0.6 is 0 Å². The van der Waals surface area contributed by atoms with Crippen LogP contribution in [0.5, 0.6) is 0 Å². The molecule has 0 amide bonds. The molecule has 2 rings (SSSR count). The predicted molar refractivity (Wildman–Crippen MR) is 158 cm³/mol. The van der Waals surface area contributed by atoms with Crippen LogP contribution < -0.4 is 0 Å². The van der Waals surface area contributed by atoms with Crippen LogP contribution in [0.4, 0.5) is 0 Å². The summed E-state index contributed by atoms with van der Waals surface area (Å²) in [6.45, 7) is 11.3. The lowest BCUT2D eigenvalue weighted by Crippen LogP contribution is -2.10. The summed E-state index contributed by atoms with van der Waals surface area (Å²) in [6.07, 6.45) is 31.6. The first-order valence-electron chi connectivity index (χ1n) is 15.2. The van der Waals surface area contributed by atoms with Crippen molar-refractivity contribution in [2.24, 2.45) is 17.8 Å². The lowest BCUT2D eigenvalue weighted by molar-refractivity contribution is 0.405. The van der Waals surface area contributed by atoms with Gasteiger partial charge in [0, 0.05) is 0 Å². The zero-order valence-corrected chi connectivity index (χ0v) is 23.6. The van der Waals surface area contributed by atoms with Crippen LogP contribution in [0.2, 0.25) is 0 Å². The van der Waals surface area contributed by atoms with Crippen molar-refractivity contribution in [3.05, 3.63) is 71.8 Å². The van der Waals surface area contributed by atoms with Crippen molar-refractivity contribution in [3.63, 3.8) is 0 Å². The lowest BCUT2D eigenvalue weighted by atomic mass is 9.84. The van der Waals surface area contributed by atoms with Crippen molar-refractivity contribution >= 4 is 0 Å². The number of hydrogen-bond donors (Lipinski definition) is 0. The zero-order valence-electron chi connectivity index (χ0n) is 23.6. The maximum Gasteiger partial charge on any atom is -0.0206 e. The molecule has 2 atom stereocenters. The summed E-state index contributed by atoms with van der Waals surface area (Å²) in [5.74, 6) is 2.49. The first kappa shape index (κ1) is 29.7. The minimum Gasteiger partial charge on any atom is -0.0996 e. The molecular formula is C35H56. The van der Waals surface area contributed by atoms with E-state index < -0.39 is 0 Å². The molecule has 0 nitrogen and oxygen atoms in total. The van der Waals surface area contributed by atoms with Gasteiger partial charge in [0.05, 0.1) is 0 Å². The van der Waals surface area contributed by atoms with Crippen LogP contribution in [0.1, 0.15) is 128 Å². The molecule has 0 aromatic heterocycles. The fourth-order valence-electron chi connectivity index (χ4n) is 5.98. The van der Waals surface area contributed by atoms with Gasteiger partial charge in [-0.25, -0.2) is 0 Å². The summed E-state index contributed by atoms with van der Waals surface area (Å²) in [4.78, 5) is 0. The van der Waals surface area contributed by atoms with Crippen molar-refractivity contribution in [2.75, 3.05) is 0 Å². The minimum absolute atomic E-state index is 0.723. The summed E-state index contributed by atoms with van der Waals surface area (Å²) >= 11 is 0. The monoisotopic (exact) mass is 476 g/mol. The Balaban J connectivity index is 1.62. The number of allylic oxidation sites excluding steroid dienone is 5. The van der Waals surface area contributed by atoms with Crippen LogP contribution in [-0.2, 0) is 12.8 Å². The Morgan fingerprint density at radius 1 is 0.914 bits per heavy atom. The fraction of sp³-hybridized carbons (Fsp3) is 0.657. The first-order valence-corrected chi connectivity index (χ1v) is 15.2. The topological polar surface area (TPSA) is 0 Å². The van der Waals surface area contributed by atoms with Crippen molar-refractivity contribution in [1.29, 1.82) is 0 Å². The summed E-state index contributed by atoms with van der Waals surface area (Å²) in [6, 6.07) is 9.61. The molecular weight excluding hydrogens is 420 g/mol. The molecule has 0 bridgehead atoms. The van der Waals surface area contributed by atoms with E-state index in [2.05, 4.69) is 75.9 Å². The molecule has 0 aliphatic heterocycles. The Morgan fingerprint density at radius 2 is 1.60 bits per heavy atom. The van der Waals surface area contributed by atoms with E-state index in [0.717, 1.165) is 17.8 Å². The van der Waals surface area contributed by atoms with Gasteiger partial charge in [0.15, 0.2) is 0 Å². The molecule has 0 saturated heterocycles. The molecule has 1 fully saturated rings. The predicted octanol–water partition coefficient (Wildman–Crippen LogP) is 11.2. The maximum atomic E-state index is 4.45. The SMILES string of the molecule is C=C(CCCc1ccc(CC(CCC)CCCCCCCC=CC=CC)cc1)C(C)C1CCCC1. The smallest absolute Gasteiger partial charge is 0.0206 e. The molecule has 0 N–H and O–H groups in total. The average molecular weight is 477 g/mol. The molecule has 0 spiro atoms. The van der Waals surface area contributed by atoms with E-state index in [1.54, 1.807) is 5.56 Å². The van der Waals surface area contributed by atoms with Crippen molar-refractivity contribution in [3.8, 4) is 0 Å². The van der Waals surface area contributed by atoms with Gasteiger partial charge >= 0.3 is 0 Å². The normalized spacial score (nSPS) is 16.4. The third kappa shape index (κ3) is 12.8. The molecule has 1 saturated carbocycles. The quantitative estimate of drug-likeness (QED) is 0.106. The second kappa shape index (κ2) is 18.7. The molecule has 35 heavy (non-hydrogen) atoms. The van der Waals surface area contributed by atoms with Crippen molar-refractivity contribution < 1.29 is 0 Å². The van der Waals surface area contributed by atoms with E-state index in [1.165, 1.54) is 120 Å². The van der Waals surface area contributed by atoms with Crippen LogP contribution in [0.3, 0.4) is 0 Å². The highest BCUT2D eigenvalue weighted by atomic mass is 14.3. The summed E-state index contributed by atoms with van der Waals surface area (Å²) < 4.78 is 0. The standard InChI is InChI=1S/C35H56/c1-5-7-8-9-10-11-12-13-14-15-21-33(19-6-2)29-34-27-25-32(26-28-34)22-18-20-30(3)31(4)35-23-16-17-24-35/h5,7-9,25-28,31,33,35H,3,6,10-24,29H2,1-2,4H3. The third-order valence-corrected chi connectivity index (χ3v) is 8.38. The van der Waals surface area contributed by atoms with Gasteiger partial charge in [-0.1, -0.05) is 132 Å². The Labute approximate surface area is 219 Å². The Hall–Kier alpha value is -1.56. The van der Waals surface area contributed by atoms with Gasteiger partial charge in [-0.05, 0) is 87.2 Å². The number of rotatable bonds is 19. The molecule has 1 aromatic rings. The molecule has 2 unspecified atom stereocenters. The number of aryl methyl sites for hydroxylation is 1. The van der Waals surface area contributed by atoms with Crippen LogP contribution in [0.25, 0.3) is 0 Å². The van der Waals surface area contributed by atoms with Gasteiger partial charge in [0.25, 0.3) is 0 Å². The Kier molecular flexibility index (Phi) is 15.8. The number of hydrogen-bond acceptors (Lipinski definition) is 0. The van der Waals surface area contributed by atoms with Crippen LogP contribution in [-0.4, -0.2) is 0 Å². The molecule has 0 heterocycles. The van der Waals surface area contributed by atoms with Crippen LogP contribution in [0, 0.1) is 17.8 Å². The second-order valence-corrected chi connectivity index (χ2v) is 11.3. The highest BCUT2D eigenvalue weighted by Gasteiger charge is 2.22. The summed E-state index contributed by atoms with van der Waals surface area (Å²) in [5.41, 5.74) is 4.54. The summed E-state index contributed by atoms with van der Waals surface area (Å²) in [5, 5.41) is 0. The minimum atomic E-state index is 0.723. The molecule has 0 heteroatoms. The van der Waals surface area contributed by atoms with Gasteiger partial charge in [-0.3, -0.25) is 0 Å². The lowest BCUT2D eigenvalue weighted by Gasteiger charge is -2.21. The Bertz CT molecular complexity index is 713. The van der Waals surface area contributed by atoms with Gasteiger partial charge < -0.3 is 0 Å². The van der Waals surface area contributed by atoms with E-state index in [0.29, 0.717) is 0 Å². The van der Waals surface area contributed by atoms with E-state index >= 15 is 0 Å². The highest BCUT2D eigenvalue weighted by molar-refractivity contribution is 5.23. The first-order chi connectivity index (χ1) is 17.1. The molecule has 0 radical (unpaired) electrons. The second-order valence-electron chi connectivity index (χ2n) is 11.3. The molecule has 196 valence electrons. The highest BCUT2D eigenvalue weighted by Crippen LogP contribution is 2.35. The zero-order chi connectivity index (χ0) is 25.1. The molecule has 1 aliphatic rings. The molecule has 1 aliphatic carbocycles. The number of unbranched alkanes of at least 4 members (excludes halogenated alkanes) is 5. The molecule has 1 aromatic carbocycles. The van der Waals surface area contributed by atoms with Crippen molar-refractivity contribution in [2.45, 2.75) is 130 Å². The van der Waals surface area contributed by atoms with E-state index in [9.17, 15) is 0 Å². The van der Waals surface area contributed by atoms with Gasteiger partial charge in [0.2, 0.25) is 0 Å². The third-order valence-electron chi connectivity index (χ3n) is 8.38. The Morgan fingerprint density at radius 3 is 2.31 bits per heavy atom.